The highest BCUT2D eigenvalue weighted by atomic mass is 32.1. The minimum absolute atomic E-state index is 0.0906. The fraction of sp³-hybridized carbons (Fsp3) is 0.143. The predicted molar refractivity (Wildman–Crippen MR) is 74.1 cm³/mol. The molecule has 0 atom stereocenters. The second-order valence-corrected chi connectivity index (χ2v) is 5.27. The summed E-state index contributed by atoms with van der Waals surface area (Å²) < 4.78 is 0. The van der Waals surface area contributed by atoms with Crippen molar-refractivity contribution in [3.05, 3.63) is 52.2 Å². The maximum absolute atomic E-state index is 12.4. The van der Waals surface area contributed by atoms with E-state index in [1.54, 1.807) is 11.0 Å². The van der Waals surface area contributed by atoms with Gasteiger partial charge in [-0.05, 0) is 17.0 Å². The smallest absolute Gasteiger partial charge is 0.266 e. The first-order valence-electron chi connectivity index (χ1n) is 5.94. The average Bonchev–Trinajstić information content (AvgIpc) is 2.82. The van der Waals surface area contributed by atoms with Gasteiger partial charge in [0.05, 0.1) is 5.69 Å². The van der Waals surface area contributed by atoms with Crippen molar-refractivity contribution in [3.8, 4) is 0 Å². The zero-order valence-corrected chi connectivity index (χ0v) is 10.9. The van der Waals surface area contributed by atoms with Gasteiger partial charge in [-0.15, -0.1) is 11.3 Å². The summed E-state index contributed by atoms with van der Waals surface area (Å²) in [5, 5.41) is 4.57. The molecule has 19 heavy (non-hydrogen) atoms. The number of carbonyl (C=O) groups excluding carboxylic acids is 2. The molecule has 5 heteroatoms. The predicted octanol–water partition coefficient (Wildman–Crippen LogP) is 2.34. The quantitative estimate of drug-likeness (QED) is 0.912. The van der Waals surface area contributed by atoms with E-state index in [-0.39, 0.29) is 18.4 Å². The molecule has 96 valence electrons. The number of fused-ring (bicyclic) bond motifs is 1. The first-order chi connectivity index (χ1) is 9.24. The summed E-state index contributed by atoms with van der Waals surface area (Å²) in [5.74, 6) is -0.242. The summed E-state index contributed by atoms with van der Waals surface area (Å²) in [7, 11) is 0. The molecule has 1 aromatic carbocycles. The summed E-state index contributed by atoms with van der Waals surface area (Å²) >= 11 is 1.36. The van der Waals surface area contributed by atoms with E-state index >= 15 is 0 Å². The molecule has 2 heterocycles. The van der Waals surface area contributed by atoms with Crippen LogP contribution in [0.5, 0.6) is 0 Å². The Labute approximate surface area is 114 Å². The zero-order valence-electron chi connectivity index (χ0n) is 10.1. The lowest BCUT2D eigenvalue weighted by Crippen LogP contribution is -2.34. The largest absolute Gasteiger partial charge is 0.324 e. The van der Waals surface area contributed by atoms with Crippen molar-refractivity contribution in [3.63, 3.8) is 0 Å². The molecule has 1 aliphatic rings. The molecule has 0 bridgehead atoms. The Morgan fingerprint density at radius 2 is 1.95 bits per heavy atom. The molecule has 1 aromatic heterocycles. The maximum Gasteiger partial charge on any atom is 0.266 e. The molecule has 1 aliphatic heterocycles. The van der Waals surface area contributed by atoms with E-state index in [0.29, 0.717) is 17.1 Å². The van der Waals surface area contributed by atoms with Crippen LogP contribution in [0.1, 0.15) is 15.2 Å². The third-order valence-corrected chi connectivity index (χ3v) is 3.87. The topological polar surface area (TPSA) is 49.4 Å². The molecule has 0 saturated heterocycles. The van der Waals surface area contributed by atoms with E-state index in [2.05, 4.69) is 5.32 Å². The third-order valence-electron chi connectivity index (χ3n) is 2.97. The number of nitrogens with one attached hydrogen (secondary N) is 1. The van der Waals surface area contributed by atoms with E-state index in [0.717, 1.165) is 5.56 Å². The Kier molecular flexibility index (Phi) is 3.05. The van der Waals surface area contributed by atoms with Crippen LogP contribution in [0.25, 0.3) is 0 Å². The highest BCUT2D eigenvalue weighted by Gasteiger charge is 2.27. The normalized spacial score (nSPS) is 14.8. The SMILES string of the molecule is O=C1CN(Cc2ccccc2)C(=O)c2sccc2N1. The van der Waals surface area contributed by atoms with Crippen LogP contribution >= 0.6 is 11.3 Å². The van der Waals surface area contributed by atoms with E-state index in [1.807, 2.05) is 35.7 Å². The molecule has 1 N–H and O–H groups in total. The molecule has 2 amide bonds. The molecule has 0 unspecified atom stereocenters. The molecule has 0 aliphatic carbocycles. The van der Waals surface area contributed by atoms with Gasteiger partial charge >= 0.3 is 0 Å². The van der Waals surface area contributed by atoms with Crippen molar-refractivity contribution in [2.75, 3.05) is 11.9 Å². The number of benzene rings is 1. The molecular weight excluding hydrogens is 260 g/mol. The van der Waals surface area contributed by atoms with Gasteiger partial charge in [-0.1, -0.05) is 30.3 Å². The number of hydrogen-bond acceptors (Lipinski definition) is 3. The molecule has 0 spiro atoms. The Balaban J connectivity index is 1.89. The number of carbonyl (C=O) groups is 2. The summed E-state index contributed by atoms with van der Waals surface area (Å²) in [6, 6.07) is 11.4. The van der Waals surface area contributed by atoms with Crippen LogP contribution in [0.4, 0.5) is 5.69 Å². The molecular formula is C14H12N2O2S. The van der Waals surface area contributed by atoms with Crippen molar-refractivity contribution in [1.29, 1.82) is 0 Å². The van der Waals surface area contributed by atoms with Gasteiger partial charge in [0.1, 0.15) is 11.4 Å². The Morgan fingerprint density at radius 3 is 2.74 bits per heavy atom. The number of nitrogens with zero attached hydrogens (tertiary/aromatic N) is 1. The maximum atomic E-state index is 12.4. The summed E-state index contributed by atoms with van der Waals surface area (Å²) in [4.78, 5) is 26.4. The lowest BCUT2D eigenvalue weighted by Gasteiger charge is -2.19. The molecule has 0 fully saturated rings. The molecule has 3 rings (SSSR count). The third kappa shape index (κ3) is 2.37. The van der Waals surface area contributed by atoms with Crippen molar-refractivity contribution >= 4 is 28.8 Å². The van der Waals surface area contributed by atoms with Crippen LogP contribution < -0.4 is 5.32 Å². The zero-order chi connectivity index (χ0) is 13.2. The minimum Gasteiger partial charge on any atom is -0.324 e. The van der Waals surface area contributed by atoms with Crippen molar-refractivity contribution in [2.24, 2.45) is 0 Å². The van der Waals surface area contributed by atoms with Gasteiger partial charge in [-0.3, -0.25) is 9.59 Å². The van der Waals surface area contributed by atoms with E-state index in [9.17, 15) is 9.59 Å². The number of hydrogen-bond donors (Lipinski definition) is 1. The van der Waals surface area contributed by atoms with Crippen molar-refractivity contribution in [1.82, 2.24) is 4.90 Å². The molecule has 2 aromatic rings. The van der Waals surface area contributed by atoms with Gasteiger partial charge in [-0.2, -0.15) is 0 Å². The lowest BCUT2D eigenvalue weighted by molar-refractivity contribution is -0.116. The van der Waals surface area contributed by atoms with Gasteiger partial charge in [-0.25, -0.2) is 0 Å². The molecule has 4 nitrogen and oxygen atoms in total. The van der Waals surface area contributed by atoms with Crippen LogP contribution in [-0.2, 0) is 11.3 Å². The first kappa shape index (κ1) is 11.9. The Bertz CT molecular complexity index is 621. The first-order valence-corrected chi connectivity index (χ1v) is 6.82. The van der Waals surface area contributed by atoms with E-state index < -0.39 is 0 Å². The standard InChI is InChI=1S/C14H12N2O2S/c17-12-9-16(8-10-4-2-1-3-5-10)14(18)13-11(15-12)6-7-19-13/h1-7H,8-9H2,(H,15,17). The lowest BCUT2D eigenvalue weighted by atomic mass is 10.2. The molecule has 0 saturated carbocycles. The number of thiophene rings is 1. The van der Waals surface area contributed by atoms with Crippen molar-refractivity contribution < 1.29 is 9.59 Å². The summed E-state index contributed by atoms with van der Waals surface area (Å²) in [6.45, 7) is 0.541. The van der Waals surface area contributed by atoms with Crippen LogP contribution in [0.3, 0.4) is 0 Å². The van der Waals surface area contributed by atoms with E-state index in [4.69, 9.17) is 0 Å². The van der Waals surface area contributed by atoms with Gasteiger partial charge in [0.25, 0.3) is 5.91 Å². The van der Waals surface area contributed by atoms with Crippen LogP contribution in [-0.4, -0.2) is 23.3 Å². The monoisotopic (exact) mass is 272 g/mol. The van der Waals surface area contributed by atoms with E-state index in [1.165, 1.54) is 11.3 Å². The fourth-order valence-corrected chi connectivity index (χ4v) is 2.90. The second kappa shape index (κ2) is 4.85. The van der Waals surface area contributed by atoms with Gasteiger partial charge in [0.15, 0.2) is 0 Å². The molecule has 0 radical (unpaired) electrons. The number of anilines is 1. The van der Waals surface area contributed by atoms with Gasteiger partial charge in [0, 0.05) is 6.54 Å². The van der Waals surface area contributed by atoms with Crippen LogP contribution in [0.2, 0.25) is 0 Å². The summed E-state index contributed by atoms with van der Waals surface area (Å²) in [6.07, 6.45) is 0. The van der Waals surface area contributed by atoms with Crippen LogP contribution in [0, 0.1) is 0 Å². The summed E-state index contributed by atoms with van der Waals surface area (Å²) in [5.41, 5.74) is 1.64. The average molecular weight is 272 g/mol. The fourth-order valence-electron chi connectivity index (χ4n) is 2.08. The van der Waals surface area contributed by atoms with Crippen LogP contribution in [0.15, 0.2) is 41.8 Å². The Morgan fingerprint density at radius 1 is 1.16 bits per heavy atom. The highest BCUT2D eigenvalue weighted by molar-refractivity contribution is 7.12. The second-order valence-electron chi connectivity index (χ2n) is 4.36. The Hall–Kier alpha value is -2.14. The highest BCUT2D eigenvalue weighted by Crippen LogP contribution is 2.26. The van der Waals surface area contributed by atoms with Crippen molar-refractivity contribution in [2.45, 2.75) is 6.54 Å². The number of amides is 2. The minimum atomic E-state index is -0.151. The van der Waals surface area contributed by atoms with Gasteiger partial charge < -0.3 is 10.2 Å². The van der Waals surface area contributed by atoms with Gasteiger partial charge in [0.2, 0.25) is 5.91 Å². The number of rotatable bonds is 2.